The second-order valence-corrected chi connectivity index (χ2v) is 8.44. The van der Waals surface area contributed by atoms with Gasteiger partial charge in [0, 0.05) is 19.1 Å². The zero-order valence-corrected chi connectivity index (χ0v) is 19.0. The van der Waals surface area contributed by atoms with Gasteiger partial charge in [-0.2, -0.15) is 0 Å². The minimum absolute atomic E-state index is 0.0492. The fraction of sp³-hybridized carbons (Fsp3) is 0.480. The molecule has 3 rings (SSSR count). The topological polar surface area (TPSA) is 56.8 Å². The van der Waals surface area contributed by atoms with Crippen LogP contribution in [0.25, 0.3) is 0 Å². The second kappa shape index (κ2) is 11.7. The van der Waals surface area contributed by atoms with Crippen molar-refractivity contribution in [3.05, 3.63) is 65.7 Å². The Morgan fingerprint density at radius 1 is 1.13 bits per heavy atom. The zero-order valence-electron chi connectivity index (χ0n) is 19.0. The van der Waals surface area contributed by atoms with E-state index in [2.05, 4.69) is 46.7 Å². The van der Waals surface area contributed by atoms with Gasteiger partial charge >= 0.3 is 6.03 Å². The third kappa shape index (κ3) is 7.26. The van der Waals surface area contributed by atoms with Crippen molar-refractivity contribution in [2.75, 3.05) is 47.4 Å². The van der Waals surface area contributed by atoms with Gasteiger partial charge in [0.25, 0.3) is 0 Å². The summed E-state index contributed by atoms with van der Waals surface area (Å²) in [5.74, 6) is 0.842. The first kappa shape index (κ1) is 23.1. The Balaban J connectivity index is 1.53. The van der Waals surface area contributed by atoms with Crippen molar-refractivity contribution in [2.45, 2.75) is 31.3 Å². The van der Waals surface area contributed by atoms with Crippen LogP contribution in [-0.4, -0.2) is 69.3 Å². The average Bonchev–Trinajstić information content (AvgIpc) is 2.80. The standard InChI is InChI=1S/C25H36N4O2/c1-28-17-14-22(15-18-28)29(2)19-24(21-7-5-4-6-8-21)27-25(30)26-16-13-20-9-11-23(31-3)12-10-20/h4-12,22,24H,13-19H2,1-3H3,(H2,26,27,30)/t24-/m0/s1. The van der Waals surface area contributed by atoms with Crippen molar-refractivity contribution in [3.63, 3.8) is 0 Å². The van der Waals surface area contributed by atoms with Crippen LogP contribution in [-0.2, 0) is 6.42 Å². The van der Waals surface area contributed by atoms with Crippen molar-refractivity contribution >= 4 is 6.03 Å². The Kier molecular flexibility index (Phi) is 8.74. The van der Waals surface area contributed by atoms with Crippen LogP contribution >= 0.6 is 0 Å². The van der Waals surface area contributed by atoms with Gasteiger partial charge in [0.05, 0.1) is 13.2 Å². The molecule has 2 N–H and O–H groups in total. The number of rotatable bonds is 9. The number of likely N-dealkylation sites (tertiary alicyclic amines) is 1. The molecule has 1 aliphatic heterocycles. The van der Waals surface area contributed by atoms with Crippen molar-refractivity contribution < 1.29 is 9.53 Å². The number of piperidine rings is 1. The average molecular weight is 425 g/mol. The Hall–Kier alpha value is -2.57. The molecule has 2 aromatic carbocycles. The molecule has 1 heterocycles. The summed E-state index contributed by atoms with van der Waals surface area (Å²) in [4.78, 5) is 17.4. The maximum absolute atomic E-state index is 12.7. The monoisotopic (exact) mass is 424 g/mol. The highest BCUT2D eigenvalue weighted by Gasteiger charge is 2.24. The molecular weight excluding hydrogens is 388 g/mol. The van der Waals surface area contributed by atoms with E-state index in [9.17, 15) is 4.79 Å². The maximum atomic E-state index is 12.7. The maximum Gasteiger partial charge on any atom is 0.315 e. The lowest BCUT2D eigenvalue weighted by molar-refractivity contribution is 0.135. The van der Waals surface area contributed by atoms with Gasteiger partial charge in [0.2, 0.25) is 0 Å². The SMILES string of the molecule is COc1ccc(CCNC(=O)N[C@@H](CN(C)C2CCN(C)CC2)c2ccccc2)cc1. The summed E-state index contributed by atoms with van der Waals surface area (Å²) in [6, 6.07) is 18.6. The predicted octanol–water partition coefficient (Wildman–Crippen LogP) is 3.30. The third-order valence-electron chi connectivity index (χ3n) is 6.15. The van der Waals surface area contributed by atoms with Crippen LogP contribution in [0.15, 0.2) is 54.6 Å². The van der Waals surface area contributed by atoms with Crippen LogP contribution in [0.3, 0.4) is 0 Å². The molecule has 0 aliphatic carbocycles. The van der Waals surface area contributed by atoms with Gasteiger partial charge in [-0.3, -0.25) is 0 Å². The lowest BCUT2D eigenvalue weighted by Gasteiger charge is -2.37. The minimum Gasteiger partial charge on any atom is -0.497 e. The van der Waals surface area contributed by atoms with Gasteiger partial charge < -0.3 is 25.2 Å². The lowest BCUT2D eigenvalue weighted by atomic mass is 10.0. The normalized spacial score (nSPS) is 16.1. The number of nitrogens with zero attached hydrogens (tertiary/aromatic N) is 2. The lowest BCUT2D eigenvalue weighted by Crippen LogP contribution is -2.47. The number of ether oxygens (including phenoxy) is 1. The molecule has 2 aromatic rings. The van der Waals surface area contributed by atoms with E-state index in [1.165, 1.54) is 18.4 Å². The summed E-state index contributed by atoms with van der Waals surface area (Å²) < 4.78 is 5.19. The Labute approximate surface area is 186 Å². The summed E-state index contributed by atoms with van der Waals surface area (Å²) in [6.45, 7) is 3.64. The van der Waals surface area contributed by atoms with Crippen LogP contribution in [0.5, 0.6) is 5.75 Å². The molecule has 168 valence electrons. The van der Waals surface area contributed by atoms with Crippen LogP contribution in [0.1, 0.15) is 30.0 Å². The molecule has 0 aromatic heterocycles. The van der Waals surface area contributed by atoms with Gasteiger partial charge in [-0.05, 0) is 69.7 Å². The molecule has 31 heavy (non-hydrogen) atoms. The molecule has 1 fully saturated rings. The molecule has 0 spiro atoms. The first-order chi connectivity index (χ1) is 15.0. The van der Waals surface area contributed by atoms with Crippen LogP contribution < -0.4 is 15.4 Å². The Morgan fingerprint density at radius 3 is 2.45 bits per heavy atom. The number of carbonyl (C=O) groups is 1. The largest absolute Gasteiger partial charge is 0.497 e. The van der Waals surface area contributed by atoms with E-state index in [1.807, 2.05) is 42.5 Å². The molecule has 0 bridgehead atoms. The van der Waals surface area contributed by atoms with Crippen molar-refractivity contribution in [2.24, 2.45) is 0 Å². The second-order valence-electron chi connectivity index (χ2n) is 8.44. The van der Waals surface area contributed by atoms with Crippen LogP contribution in [0.4, 0.5) is 4.79 Å². The van der Waals surface area contributed by atoms with Crippen molar-refractivity contribution in [3.8, 4) is 5.75 Å². The number of hydrogen-bond acceptors (Lipinski definition) is 4. The summed E-state index contributed by atoms with van der Waals surface area (Å²) in [5.41, 5.74) is 2.30. The van der Waals surface area contributed by atoms with E-state index in [-0.39, 0.29) is 12.1 Å². The number of carbonyl (C=O) groups excluding carboxylic acids is 1. The summed E-state index contributed by atoms with van der Waals surface area (Å²) in [5, 5.41) is 6.21. The molecule has 1 saturated heterocycles. The van der Waals surface area contributed by atoms with E-state index in [1.54, 1.807) is 7.11 Å². The van der Waals surface area contributed by atoms with Crippen molar-refractivity contribution in [1.82, 2.24) is 20.4 Å². The van der Waals surface area contributed by atoms with Gasteiger partial charge in [-0.15, -0.1) is 0 Å². The molecule has 1 atom stereocenters. The van der Waals surface area contributed by atoms with E-state index < -0.39 is 0 Å². The first-order valence-corrected chi connectivity index (χ1v) is 11.2. The van der Waals surface area contributed by atoms with Gasteiger partial charge in [0.1, 0.15) is 5.75 Å². The zero-order chi connectivity index (χ0) is 22.1. The Morgan fingerprint density at radius 2 is 1.81 bits per heavy atom. The quantitative estimate of drug-likeness (QED) is 0.649. The summed E-state index contributed by atoms with van der Waals surface area (Å²) in [7, 11) is 6.02. The summed E-state index contributed by atoms with van der Waals surface area (Å²) in [6.07, 6.45) is 3.12. The first-order valence-electron chi connectivity index (χ1n) is 11.2. The Bertz CT molecular complexity index is 789. The highest BCUT2D eigenvalue weighted by atomic mass is 16.5. The fourth-order valence-electron chi connectivity index (χ4n) is 4.11. The molecule has 0 radical (unpaired) electrons. The van der Waals surface area contributed by atoms with Gasteiger partial charge in [-0.1, -0.05) is 42.5 Å². The fourth-order valence-corrected chi connectivity index (χ4v) is 4.11. The van der Waals surface area contributed by atoms with E-state index in [4.69, 9.17) is 4.74 Å². The van der Waals surface area contributed by atoms with Crippen molar-refractivity contribution in [1.29, 1.82) is 0 Å². The molecule has 2 amide bonds. The molecule has 1 aliphatic rings. The highest BCUT2D eigenvalue weighted by Crippen LogP contribution is 2.19. The molecular formula is C25H36N4O2. The molecule has 6 nitrogen and oxygen atoms in total. The number of hydrogen-bond donors (Lipinski definition) is 2. The van der Waals surface area contributed by atoms with Crippen LogP contribution in [0, 0.1) is 0 Å². The van der Waals surface area contributed by atoms with E-state index >= 15 is 0 Å². The highest BCUT2D eigenvalue weighted by molar-refractivity contribution is 5.74. The number of nitrogens with one attached hydrogen (secondary N) is 2. The van der Waals surface area contributed by atoms with Crippen LogP contribution in [0.2, 0.25) is 0 Å². The van der Waals surface area contributed by atoms with E-state index in [0.29, 0.717) is 12.6 Å². The molecule has 0 unspecified atom stereocenters. The van der Waals surface area contributed by atoms with Gasteiger partial charge in [0.15, 0.2) is 0 Å². The molecule has 0 saturated carbocycles. The molecule has 6 heteroatoms. The number of benzene rings is 2. The van der Waals surface area contributed by atoms with E-state index in [0.717, 1.165) is 37.4 Å². The predicted molar refractivity (Wildman–Crippen MR) is 126 cm³/mol. The third-order valence-corrected chi connectivity index (χ3v) is 6.15. The minimum atomic E-state index is -0.126. The number of likely N-dealkylation sites (N-methyl/N-ethyl adjacent to an activating group) is 1. The summed E-state index contributed by atoms with van der Waals surface area (Å²) >= 11 is 0. The number of amides is 2. The number of urea groups is 1. The smallest absolute Gasteiger partial charge is 0.315 e. The number of methoxy groups -OCH3 is 1. The van der Waals surface area contributed by atoms with Gasteiger partial charge in [-0.25, -0.2) is 4.79 Å².